The molecule has 0 saturated carbocycles. The topological polar surface area (TPSA) is 98.9 Å². The molecule has 0 saturated heterocycles. The normalized spacial score (nSPS) is 10.9. The summed E-state index contributed by atoms with van der Waals surface area (Å²) in [5.74, 6) is 0.524. The van der Waals surface area contributed by atoms with Crippen molar-refractivity contribution in [2.24, 2.45) is 7.05 Å². The van der Waals surface area contributed by atoms with Gasteiger partial charge in [0.2, 0.25) is 0 Å². The summed E-state index contributed by atoms with van der Waals surface area (Å²) in [7, 11) is 1.82. The Morgan fingerprint density at radius 3 is 2.59 bits per heavy atom. The van der Waals surface area contributed by atoms with Crippen LogP contribution in [0, 0.1) is 5.82 Å². The third kappa shape index (κ3) is 4.91. The van der Waals surface area contributed by atoms with E-state index in [1.165, 1.54) is 12.1 Å². The van der Waals surface area contributed by atoms with Gasteiger partial charge in [-0.1, -0.05) is 0 Å². The van der Waals surface area contributed by atoms with Gasteiger partial charge in [-0.15, -0.1) is 0 Å². The zero-order chi connectivity index (χ0) is 22.7. The van der Waals surface area contributed by atoms with Crippen molar-refractivity contribution in [3.8, 4) is 22.8 Å². The van der Waals surface area contributed by atoms with Crippen LogP contribution in [-0.2, 0) is 7.05 Å². The summed E-state index contributed by atoms with van der Waals surface area (Å²) in [5.41, 5.74) is 1.54. The lowest BCUT2D eigenvalue weighted by Crippen LogP contribution is -2.20. The van der Waals surface area contributed by atoms with E-state index >= 15 is 0 Å². The maximum atomic E-state index is 14.5. The van der Waals surface area contributed by atoms with E-state index in [-0.39, 0.29) is 17.5 Å². The highest BCUT2D eigenvalue weighted by Gasteiger charge is 2.11. The highest BCUT2D eigenvalue weighted by atomic mass is 19.1. The Kier molecular flexibility index (Phi) is 5.84. The number of hydrogen-bond acceptors (Lipinski definition) is 5. The summed E-state index contributed by atoms with van der Waals surface area (Å²) in [6.07, 6.45) is 8.46. The first-order valence-electron chi connectivity index (χ1n) is 9.91. The fraction of sp³-hybridized carbons (Fsp3) is 0.182. The molecule has 0 aliphatic rings. The molecule has 10 heteroatoms. The number of hydrogen-bond donors (Lipinski definition) is 2. The van der Waals surface area contributed by atoms with Gasteiger partial charge in [0.25, 0.3) is 0 Å². The standard InChI is InChI=1S/C22H22FN7O2/c1-14(2)30-12-21(25-13-30)28-22(31)27-19-5-4-16(8-18(19)23)32-17-6-7-24-20(9-17)15-10-26-29(3)11-15/h4-14H,1-3H3,(H2,27,28,31). The summed E-state index contributed by atoms with van der Waals surface area (Å²) in [6, 6.07) is 7.23. The van der Waals surface area contributed by atoms with Crippen molar-refractivity contribution in [1.29, 1.82) is 0 Å². The Morgan fingerprint density at radius 2 is 1.91 bits per heavy atom. The summed E-state index contributed by atoms with van der Waals surface area (Å²) < 4.78 is 23.8. The van der Waals surface area contributed by atoms with Gasteiger partial charge in [0.05, 0.1) is 23.9 Å². The minimum atomic E-state index is -0.633. The maximum Gasteiger partial charge on any atom is 0.324 e. The fourth-order valence-corrected chi connectivity index (χ4v) is 2.94. The minimum Gasteiger partial charge on any atom is -0.457 e. The lowest BCUT2D eigenvalue weighted by atomic mass is 10.2. The van der Waals surface area contributed by atoms with Crippen LogP contribution in [0.25, 0.3) is 11.3 Å². The number of carbonyl (C=O) groups excluding carboxylic acids is 1. The van der Waals surface area contributed by atoms with Crippen LogP contribution in [0.4, 0.5) is 20.7 Å². The van der Waals surface area contributed by atoms with Crippen LogP contribution in [0.15, 0.2) is 61.4 Å². The Hall–Kier alpha value is -4.21. The lowest BCUT2D eigenvalue weighted by Gasteiger charge is -2.10. The van der Waals surface area contributed by atoms with Gasteiger partial charge >= 0.3 is 6.03 Å². The van der Waals surface area contributed by atoms with E-state index in [4.69, 9.17) is 4.74 Å². The Labute approximate surface area is 183 Å². The first-order valence-corrected chi connectivity index (χ1v) is 9.91. The zero-order valence-corrected chi connectivity index (χ0v) is 17.8. The van der Waals surface area contributed by atoms with Crippen molar-refractivity contribution in [2.75, 3.05) is 10.6 Å². The van der Waals surface area contributed by atoms with Crippen LogP contribution in [0.1, 0.15) is 19.9 Å². The van der Waals surface area contributed by atoms with Gasteiger partial charge in [-0.3, -0.25) is 15.0 Å². The molecule has 32 heavy (non-hydrogen) atoms. The monoisotopic (exact) mass is 435 g/mol. The van der Waals surface area contributed by atoms with Crippen LogP contribution >= 0.6 is 0 Å². The molecule has 4 aromatic rings. The average molecular weight is 435 g/mol. The second kappa shape index (κ2) is 8.88. The molecule has 3 aromatic heterocycles. The number of pyridine rings is 1. The van der Waals surface area contributed by atoms with E-state index in [1.807, 2.05) is 31.7 Å². The van der Waals surface area contributed by atoms with E-state index in [1.54, 1.807) is 47.8 Å². The molecule has 9 nitrogen and oxygen atoms in total. The second-order valence-electron chi connectivity index (χ2n) is 7.40. The molecule has 0 unspecified atom stereocenters. The van der Waals surface area contributed by atoms with Crippen molar-refractivity contribution in [2.45, 2.75) is 19.9 Å². The van der Waals surface area contributed by atoms with Gasteiger partial charge in [-0.2, -0.15) is 5.10 Å². The summed E-state index contributed by atoms with van der Waals surface area (Å²) >= 11 is 0. The van der Waals surface area contributed by atoms with Crippen molar-refractivity contribution in [3.05, 3.63) is 67.3 Å². The number of aryl methyl sites for hydroxylation is 1. The van der Waals surface area contributed by atoms with Crippen molar-refractivity contribution >= 4 is 17.5 Å². The zero-order valence-electron chi connectivity index (χ0n) is 17.8. The molecule has 0 bridgehead atoms. The van der Waals surface area contributed by atoms with Crippen LogP contribution in [0.5, 0.6) is 11.5 Å². The van der Waals surface area contributed by atoms with Crippen LogP contribution in [0.2, 0.25) is 0 Å². The van der Waals surface area contributed by atoms with Gasteiger partial charge in [-0.25, -0.2) is 14.2 Å². The first-order chi connectivity index (χ1) is 15.4. The number of nitrogens with zero attached hydrogens (tertiary/aromatic N) is 5. The van der Waals surface area contributed by atoms with E-state index < -0.39 is 11.8 Å². The third-order valence-corrected chi connectivity index (χ3v) is 4.60. The van der Waals surface area contributed by atoms with Gasteiger partial charge in [0, 0.05) is 49.4 Å². The number of halogens is 1. The largest absolute Gasteiger partial charge is 0.457 e. The van der Waals surface area contributed by atoms with Crippen LogP contribution < -0.4 is 15.4 Å². The molecule has 0 radical (unpaired) electrons. The quantitative estimate of drug-likeness (QED) is 0.452. The number of carbonyl (C=O) groups is 1. The van der Waals surface area contributed by atoms with Gasteiger partial charge in [-0.05, 0) is 32.0 Å². The number of urea groups is 1. The number of rotatable bonds is 6. The molecular formula is C22H22FN7O2. The van der Waals surface area contributed by atoms with Gasteiger partial charge in [0.1, 0.15) is 17.3 Å². The van der Waals surface area contributed by atoms with E-state index in [0.717, 1.165) is 5.56 Å². The molecule has 2 N–H and O–H groups in total. The molecule has 2 amide bonds. The smallest absolute Gasteiger partial charge is 0.324 e. The van der Waals surface area contributed by atoms with Gasteiger partial charge in [0.15, 0.2) is 5.82 Å². The summed E-state index contributed by atoms with van der Waals surface area (Å²) in [6.45, 7) is 3.99. The van der Waals surface area contributed by atoms with Crippen molar-refractivity contribution in [1.82, 2.24) is 24.3 Å². The highest BCUT2D eigenvalue weighted by Crippen LogP contribution is 2.28. The van der Waals surface area contributed by atoms with Crippen LogP contribution in [0.3, 0.4) is 0 Å². The number of benzene rings is 1. The molecule has 1 aromatic carbocycles. The number of ether oxygens (including phenoxy) is 1. The van der Waals surface area contributed by atoms with Crippen LogP contribution in [-0.4, -0.2) is 30.3 Å². The lowest BCUT2D eigenvalue weighted by molar-refractivity contribution is 0.262. The molecule has 164 valence electrons. The van der Waals surface area contributed by atoms with Crippen molar-refractivity contribution < 1.29 is 13.9 Å². The molecule has 4 rings (SSSR count). The molecule has 0 aliphatic carbocycles. The highest BCUT2D eigenvalue weighted by molar-refractivity contribution is 5.99. The number of anilines is 2. The number of amides is 2. The second-order valence-corrected chi connectivity index (χ2v) is 7.40. The average Bonchev–Trinajstić information content (AvgIpc) is 3.39. The van der Waals surface area contributed by atoms with Gasteiger partial charge < -0.3 is 14.6 Å². The number of aromatic nitrogens is 5. The summed E-state index contributed by atoms with van der Waals surface area (Å²) in [4.78, 5) is 20.6. The SMILES string of the molecule is CC(C)n1cnc(NC(=O)Nc2ccc(Oc3ccnc(-c4cnn(C)c4)c3)cc2F)c1. The number of imidazole rings is 1. The predicted octanol–water partition coefficient (Wildman–Crippen LogP) is 4.83. The van der Waals surface area contributed by atoms with E-state index in [9.17, 15) is 9.18 Å². The van der Waals surface area contributed by atoms with Crippen molar-refractivity contribution in [3.63, 3.8) is 0 Å². The molecule has 0 spiro atoms. The summed E-state index contributed by atoms with van der Waals surface area (Å²) in [5, 5.41) is 9.18. The molecular weight excluding hydrogens is 413 g/mol. The van der Waals surface area contributed by atoms with E-state index in [0.29, 0.717) is 17.3 Å². The Bertz CT molecular complexity index is 1250. The minimum absolute atomic E-state index is 0.0175. The Balaban J connectivity index is 1.41. The molecule has 3 heterocycles. The maximum absolute atomic E-state index is 14.5. The Morgan fingerprint density at radius 1 is 1.09 bits per heavy atom. The predicted molar refractivity (Wildman–Crippen MR) is 118 cm³/mol. The number of nitrogens with one attached hydrogen (secondary N) is 2. The third-order valence-electron chi connectivity index (χ3n) is 4.60. The molecule has 0 fully saturated rings. The fourth-order valence-electron chi connectivity index (χ4n) is 2.94. The first kappa shape index (κ1) is 21.0. The van der Waals surface area contributed by atoms with E-state index in [2.05, 4.69) is 25.7 Å². The molecule has 0 aliphatic heterocycles. The molecule has 0 atom stereocenters.